The van der Waals surface area contributed by atoms with Crippen molar-refractivity contribution in [3.8, 4) is 0 Å². The fourth-order valence-electron chi connectivity index (χ4n) is 5.30. The van der Waals surface area contributed by atoms with Gasteiger partial charge in [-0.3, -0.25) is 20.2 Å². The molecular formula is C42H60N4O8S2. The van der Waals surface area contributed by atoms with Crippen molar-refractivity contribution in [3.63, 3.8) is 0 Å². The quantitative estimate of drug-likeness (QED) is 0.0933. The number of nitrogens with one attached hydrogen (secondary N) is 2. The van der Waals surface area contributed by atoms with Crippen LogP contribution in [0.1, 0.15) is 128 Å². The maximum absolute atomic E-state index is 12.3. The summed E-state index contributed by atoms with van der Waals surface area (Å²) in [6.07, 6.45) is 0.735. The van der Waals surface area contributed by atoms with E-state index in [9.17, 15) is 37.1 Å². The summed E-state index contributed by atoms with van der Waals surface area (Å²) in [5.74, 6) is 0.827. The lowest BCUT2D eigenvalue weighted by Gasteiger charge is -2.11. The first-order chi connectivity index (χ1) is 26.2. The van der Waals surface area contributed by atoms with Crippen molar-refractivity contribution in [2.24, 2.45) is 0 Å². The van der Waals surface area contributed by atoms with Crippen LogP contribution in [-0.2, 0) is 32.9 Å². The summed E-state index contributed by atoms with van der Waals surface area (Å²) < 4.78 is 53.9. The third kappa shape index (κ3) is 15.2. The van der Waals surface area contributed by atoms with Gasteiger partial charge in [-0.1, -0.05) is 116 Å². The first kappa shape index (κ1) is 49.5. The van der Waals surface area contributed by atoms with Gasteiger partial charge in [-0.25, -0.2) is 26.3 Å². The fraction of sp³-hybridized carbons (Fsp3) is 0.429. The Hall–Kier alpha value is -4.50. The third-order valence-electron chi connectivity index (χ3n) is 7.99. The molecule has 0 heterocycles. The standard InChI is InChI=1S/2C19H24N2O4S.2C2H6/c2*1-13(2)16-7-5-15(6-8-16)11-17-9-10-18(12-19(17)21(22)23)26(24,25)20-14(3)4;2*1-2/h2*5-10,12-14,20H,11H2,1-4H3;2*1-2H3. The van der Waals surface area contributed by atoms with Crippen molar-refractivity contribution in [2.75, 3.05) is 0 Å². The zero-order chi connectivity index (χ0) is 43.0. The number of rotatable bonds is 14. The van der Waals surface area contributed by atoms with Gasteiger partial charge >= 0.3 is 0 Å². The molecule has 0 spiro atoms. The Morgan fingerprint density at radius 1 is 0.500 bits per heavy atom. The van der Waals surface area contributed by atoms with Crippen molar-refractivity contribution in [2.45, 2.75) is 130 Å². The summed E-state index contributed by atoms with van der Waals surface area (Å²) in [6.45, 7) is 23.2. The number of nitro benzene ring substituents is 2. The second kappa shape index (κ2) is 22.9. The highest BCUT2D eigenvalue weighted by Gasteiger charge is 2.23. The van der Waals surface area contributed by atoms with Crippen molar-refractivity contribution < 1.29 is 26.7 Å². The molecular weight excluding hydrogens is 753 g/mol. The Kier molecular flexibility index (Phi) is 20.3. The number of sulfonamides is 2. The van der Waals surface area contributed by atoms with Crippen LogP contribution >= 0.6 is 0 Å². The third-order valence-corrected chi connectivity index (χ3v) is 11.3. The Labute approximate surface area is 334 Å². The molecule has 4 rings (SSSR count). The summed E-state index contributed by atoms with van der Waals surface area (Å²) in [6, 6.07) is 23.4. The maximum atomic E-state index is 12.3. The molecule has 14 heteroatoms. The molecule has 0 aliphatic rings. The highest BCUT2D eigenvalue weighted by molar-refractivity contribution is 7.89. The van der Waals surface area contributed by atoms with Crippen LogP contribution in [0.3, 0.4) is 0 Å². The average Bonchev–Trinajstić information content (AvgIpc) is 3.13. The molecule has 0 radical (unpaired) electrons. The van der Waals surface area contributed by atoms with Gasteiger partial charge in [0.2, 0.25) is 20.0 Å². The highest BCUT2D eigenvalue weighted by atomic mass is 32.2. The summed E-state index contributed by atoms with van der Waals surface area (Å²) in [7, 11) is -7.55. The van der Waals surface area contributed by atoms with Crippen molar-refractivity contribution >= 4 is 31.4 Å². The number of nitro groups is 2. The first-order valence-corrected chi connectivity index (χ1v) is 21.9. The Morgan fingerprint density at radius 3 is 1.02 bits per heavy atom. The predicted octanol–water partition coefficient (Wildman–Crippen LogP) is 10.0. The van der Waals surface area contributed by atoms with Gasteiger partial charge in [0, 0.05) is 48.2 Å². The van der Waals surface area contributed by atoms with E-state index in [-0.39, 0.29) is 33.2 Å². The molecule has 0 aromatic heterocycles. The molecule has 0 fully saturated rings. The van der Waals surface area contributed by atoms with Crippen LogP contribution in [0, 0.1) is 20.2 Å². The van der Waals surface area contributed by atoms with Gasteiger partial charge in [-0.2, -0.15) is 0 Å². The Morgan fingerprint density at radius 2 is 0.786 bits per heavy atom. The smallest absolute Gasteiger partial charge is 0.258 e. The van der Waals surface area contributed by atoms with Crippen LogP contribution in [0.5, 0.6) is 0 Å². The van der Waals surface area contributed by atoms with E-state index < -0.39 is 29.9 Å². The van der Waals surface area contributed by atoms with Crippen LogP contribution in [-0.4, -0.2) is 38.8 Å². The number of benzene rings is 4. The van der Waals surface area contributed by atoms with E-state index in [1.165, 1.54) is 35.4 Å². The summed E-state index contributed by atoms with van der Waals surface area (Å²) >= 11 is 0. The van der Waals surface area contributed by atoms with E-state index in [0.29, 0.717) is 35.8 Å². The van der Waals surface area contributed by atoms with Crippen LogP contribution in [0.25, 0.3) is 0 Å². The lowest BCUT2D eigenvalue weighted by Crippen LogP contribution is -2.30. The van der Waals surface area contributed by atoms with E-state index in [1.54, 1.807) is 27.7 Å². The van der Waals surface area contributed by atoms with Crippen LogP contribution in [0.4, 0.5) is 11.4 Å². The van der Waals surface area contributed by atoms with E-state index in [4.69, 9.17) is 0 Å². The second-order valence-electron chi connectivity index (χ2n) is 13.8. The van der Waals surface area contributed by atoms with Crippen LogP contribution < -0.4 is 9.44 Å². The van der Waals surface area contributed by atoms with Gasteiger partial charge in [0.05, 0.1) is 19.6 Å². The van der Waals surface area contributed by atoms with E-state index in [0.717, 1.165) is 23.3 Å². The Bertz CT molecular complexity index is 1930. The fourth-order valence-corrected chi connectivity index (χ4v) is 7.84. The molecule has 4 aromatic rings. The van der Waals surface area contributed by atoms with Gasteiger partial charge in [0.25, 0.3) is 11.4 Å². The number of hydrogen-bond donors (Lipinski definition) is 2. The summed E-state index contributed by atoms with van der Waals surface area (Å²) in [4.78, 5) is 21.6. The van der Waals surface area contributed by atoms with Gasteiger partial charge in [0.15, 0.2) is 0 Å². The molecule has 56 heavy (non-hydrogen) atoms. The molecule has 0 bridgehead atoms. The minimum Gasteiger partial charge on any atom is -0.258 e. The van der Waals surface area contributed by atoms with Gasteiger partial charge in [-0.05, 0) is 73.9 Å². The van der Waals surface area contributed by atoms with Gasteiger partial charge in [0.1, 0.15) is 0 Å². The summed E-state index contributed by atoms with van der Waals surface area (Å²) in [5.41, 5.74) is 4.86. The molecule has 12 nitrogen and oxygen atoms in total. The van der Waals surface area contributed by atoms with Gasteiger partial charge in [-0.15, -0.1) is 0 Å². The lowest BCUT2D eigenvalue weighted by molar-refractivity contribution is -0.385. The second-order valence-corrected chi connectivity index (χ2v) is 17.2. The topological polar surface area (TPSA) is 179 Å². The highest BCUT2D eigenvalue weighted by Crippen LogP contribution is 2.28. The molecule has 4 aromatic carbocycles. The maximum Gasteiger partial charge on any atom is 0.274 e. The molecule has 308 valence electrons. The lowest BCUT2D eigenvalue weighted by atomic mass is 9.98. The van der Waals surface area contributed by atoms with E-state index in [1.807, 2.05) is 76.2 Å². The van der Waals surface area contributed by atoms with Gasteiger partial charge < -0.3 is 0 Å². The summed E-state index contributed by atoms with van der Waals surface area (Å²) in [5, 5.41) is 22.9. The minimum atomic E-state index is -3.77. The van der Waals surface area contributed by atoms with Crippen molar-refractivity contribution in [3.05, 3.63) is 139 Å². The average molecular weight is 813 g/mol. The zero-order valence-electron chi connectivity index (χ0n) is 34.8. The molecule has 0 aliphatic carbocycles. The monoisotopic (exact) mass is 812 g/mol. The normalized spacial score (nSPS) is 11.3. The molecule has 0 amide bonds. The van der Waals surface area contributed by atoms with Crippen LogP contribution in [0.15, 0.2) is 94.7 Å². The predicted molar refractivity (Wildman–Crippen MR) is 226 cm³/mol. The Balaban J connectivity index is 0.000000514. The van der Waals surface area contributed by atoms with Crippen molar-refractivity contribution in [1.82, 2.24) is 9.44 Å². The zero-order valence-corrected chi connectivity index (χ0v) is 36.4. The molecule has 0 aliphatic heterocycles. The molecule has 0 saturated carbocycles. The van der Waals surface area contributed by atoms with Crippen LogP contribution in [0.2, 0.25) is 0 Å². The van der Waals surface area contributed by atoms with E-state index >= 15 is 0 Å². The molecule has 0 unspecified atom stereocenters. The first-order valence-electron chi connectivity index (χ1n) is 19.0. The largest absolute Gasteiger partial charge is 0.274 e. The molecule has 0 saturated heterocycles. The molecule has 0 atom stereocenters. The number of hydrogen-bond acceptors (Lipinski definition) is 8. The molecule has 2 N–H and O–H groups in total. The number of nitrogens with zero attached hydrogens (tertiary/aromatic N) is 2. The van der Waals surface area contributed by atoms with Crippen molar-refractivity contribution in [1.29, 1.82) is 0 Å². The SMILES string of the molecule is CC.CC.CC(C)NS(=O)(=O)c1ccc(Cc2ccc(C(C)C)cc2)c([N+](=O)[O-])c1.CC(C)NS(=O)(=O)c1ccc(Cc2ccc(C(C)C)cc2)c([N+](=O)[O-])c1. The van der Waals surface area contributed by atoms with E-state index in [2.05, 4.69) is 37.1 Å². The minimum absolute atomic E-state index is 0.100.